The first kappa shape index (κ1) is 19.4. The fourth-order valence-corrected chi connectivity index (χ4v) is 4.01. The lowest BCUT2D eigenvalue weighted by Gasteiger charge is -2.19. The molecule has 2 aliphatic heterocycles. The van der Waals surface area contributed by atoms with E-state index in [1.165, 1.54) is 25.1 Å². The molecule has 0 saturated carbocycles. The van der Waals surface area contributed by atoms with E-state index >= 15 is 0 Å². The highest BCUT2D eigenvalue weighted by atomic mass is 35.5. The van der Waals surface area contributed by atoms with Crippen LogP contribution in [0.4, 0.5) is 21.5 Å². The standard InChI is InChI=1S/C21H19ClFN3O3/c1-12(27)25-7-6-13-8-16(3-5-19(13)25)26-11-14(9-20(26)28)21(29)24-15-2-4-18(23)17(22)10-15/h2-5,8,10,14H,6-7,9,11H2,1H3,(H,24,29). The van der Waals surface area contributed by atoms with Crippen molar-refractivity contribution in [2.75, 3.05) is 28.2 Å². The van der Waals surface area contributed by atoms with Crippen LogP contribution in [0.3, 0.4) is 0 Å². The number of hydrogen-bond acceptors (Lipinski definition) is 3. The normalized spacial score (nSPS) is 18.2. The molecule has 2 aliphatic rings. The van der Waals surface area contributed by atoms with Crippen LogP contribution in [0.2, 0.25) is 5.02 Å². The number of anilines is 3. The maximum absolute atomic E-state index is 13.3. The SMILES string of the molecule is CC(=O)N1CCc2cc(N3CC(C(=O)Nc4ccc(F)c(Cl)c4)CC3=O)ccc21. The molecule has 1 fully saturated rings. The molecule has 150 valence electrons. The summed E-state index contributed by atoms with van der Waals surface area (Å²) in [5.74, 6) is -1.54. The van der Waals surface area contributed by atoms with E-state index in [9.17, 15) is 18.8 Å². The van der Waals surface area contributed by atoms with Gasteiger partial charge in [-0.05, 0) is 48.4 Å². The number of benzene rings is 2. The first-order valence-electron chi connectivity index (χ1n) is 9.31. The number of fused-ring (bicyclic) bond motifs is 1. The van der Waals surface area contributed by atoms with Gasteiger partial charge in [-0.2, -0.15) is 0 Å². The van der Waals surface area contributed by atoms with Crippen molar-refractivity contribution in [1.29, 1.82) is 0 Å². The molecule has 0 radical (unpaired) electrons. The molecular weight excluding hydrogens is 397 g/mol. The van der Waals surface area contributed by atoms with E-state index in [0.717, 1.165) is 23.4 Å². The van der Waals surface area contributed by atoms with Crippen LogP contribution in [-0.4, -0.2) is 30.8 Å². The van der Waals surface area contributed by atoms with Gasteiger partial charge >= 0.3 is 0 Å². The number of carbonyl (C=O) groups excluding carboxylic acids is 3. The Morgan fingerprint density at radius 3 is 2.72 bits per heavy atom. The summed E-state index contributed by atoms with van der Waals surface area (Å²) in [7, 11) is 0. The lowest BCUT2D eigenvalue weighted by atomic mass is 10.1. The molecule has 1 saturated heterocycles. The Bertz CT molecular complexity index is 1030. The second-order valence-corrected chi connectivity index (χ2v) is 7.66. The number of nitrogens with one attached hydrogen (secondary N) is 1. The van der Waals surface area contributed by atoms with Gasteiger partial charge in [0.25, 0.3) is 0 Å². The number of amides is 3. The Balaban J connectivity index is 1.47. The number of rotatable bonds is 3. The first-order chi connectivity index (χ1) is 13.8. The van der Waals surface area contributed by atoms with Gasteiger partial charge in [0.15, 0.2) is 0 Å². The Morgan fingerprint density at radius 2 is 2.00 bits per heavy atom. The van der Waals surface area contributed by atoms with Crippen molar-refractivity contribution in [3.63, 3.8) is 0 Å². The topological polar surface area (TPSA) is 69.7 Å². The van der Waals surface area contributed by atoms with E-state index in [-0.39, 0.29) is 35.7 Å². The van der Waals surface area contributed by atoms with Gasteiger partial charge in [-0.25, -0.2) is 4.39 Å². The van der Waals surface area contributed by atoms with E-state index in [0.29, 0.717) is 12.2 Å². The van der Waals surface area contributed by atoms with Gasteiger partial charge in [0.2, 0.25) is 17.7 Å². The number of nitrogens with zero attached hydrogens (tertiary/aromatic N) is 2. The number of halogens is 2. The molecule has 29 heavy (non-hydrogen) atoms. The zero-order valence-corrected chi connectivity index (χ0v) is 16.5. The Labute approximate surface area is 172 Å². The average Bonchev–Trinajstić information content (AvgIpc) is 3.27. The third kappa shape index (κ3) is 3.70. The van der Waals surface area contributed by atoms with Crippen molar-refractivity contribution in [3.05, 3.63) is 52.8 Å². The molecule has 2 aromatic carbocycles. The maximum atomic E-state index is 13.3. The second kappa shape index (κ2) is 7.48. The van der Waals surface area contributed by atoms with Crippen molar-refractivity contribution in [1.82, 2.24) is 0 Å². The molecule has 2 aromatic rings. The van der Waals surface area contributed by atoms with E-state index in [4.69, 9.17) is 11.6 Å². The van der Waals surface area contributed by atoms with Gasteiger partial charge in [0.05, 0.1) is 10.9 Å². The quantitative estimate of drug-likeness (QED) is 0.835. The van der Waals surface area contributed by atoms with Gasteiger partial charge < -0.3 is 15.1 Å². The molecule has 4 rings (SSSR count). The van der Waals surface area contributed by atoms with Gasteiger partial charge in [-0.15, -0.1) is 0 Å². The highest BCUT2D eigenvalue weighted by molar-refractivity contribution is 6.31. The van der Waals surface area contributed by atoms with Gasteiger partial charge in [-0.3, -0.25) is 14.4 Å². The molecule has 2 heterocycles. The minimum atomic E-state index is -0.563. The molecule has 1 unspecified atom stereocenters. The summed E-state index contributed by atoms with van der Waals surface area (Å²) in [5, 5.41) is 2.61. The van der Waals surface area contributed by atoms with Crippen molar-refractivity contribution in [2.24, 2.45) is 5.92 Å². The highest BCUT2D eigenvalue weighted by Gasteiger charge is 2.36. The molecular formula is C21H19ClFN3O3. The molecule has 8 heteroatoms. The van der Waals surface area contributed by atoms with Crippen molar-refractivity contribution in [3.8, 4) is 0 Å². The predicted molar refractivity (Wildman–Crippen MR) is 109 cm³/mol. The number of hydrogen-bond donors (Lipinski definition) is 1. The minimum Gasteiger partial charge on any atom is -0.326 e. The molecule has 0 bridgehead atoms. The van der Waals surface area contributed by atoms with Crippen LogP contribution < -0.4 is 15.1 Å². The van der Waals surface area contributed by atoms with Crippen LogP contribution in [0.25, 0.3) is 0 Å². The summed E-state index contributed by atoms with van der Waals surface area (Å²) >= 11 is 5.75. The Morgan fingerprint density at radius 1 is 1.21 bits per heavy atom. The Kier molecular flexibility index (Phi) is 5.00. The fraction of sp³-hybridized carbons (Fsp3) is 0.286. The van der Waals surface area contributed by atoms with Crippen molar-refractivity contribution >= 4 is 46.4 Å². The van der Waals surface area contributed by atoms with Gasteiger partial charge in [0.1, 0.15) is 5.82 Å². The summed E-state index contributed by atoms with van der Waals surface area (Å²) in [6, 6.07) is 9.51. The smallest absolute Gasteiger partial charge is 0.229 e. The summed E-state index contributed by atoms with van der Waals surface area (Å²) in [5.41, 5.74) is 2.99. The van der Waals surface area contributed by atoms with Crippen molar-refractivity contribution in [2.45, 2.75) is 19.8 Å². The first-order valence-corrected chi connectivity index (χ1v) is 9.68. The van der Waals surface area contributed by atoms with Gasteiger partial charge in [-0.1, -0.05) is 11.6 Å². The lowest BCUT2D eigenvalue weighted by molar-refractivity contribution is -0.122. The van der Waals surface area contributed by atoms with Crippen LogP contribution in [0.15, 0.2) is 36.4 Å². The summed E-state index contributed by atoms with van der Waals surface area (Å²) in [6.07, 6.45) is 0.831. The molecule has 0 spiro atoms. The average molecular weight is 416 g/mol. The van der Waals surface area contributed by atoms with E-state index in [1.807, 2.05) is 12.1 Å². The third-order valence-corrected chi connectivity index (χ3v) is 5.62. The fourth-order valence-electron chi connectivity index (χ4n) is 3.83. The molecule has 1 N–H and O–H groups in total. The molecule has 0 aliphatic carbocycles. The largest absolute Gasteiger partial charge is 0.326 e. The number of carbonyl (C=O) groups is 3. The van der Waals surface area contributed by atoms with Crippen LogP contribution in [0, 0.1) is 11.7 Å². The minimum absolute atomic E-state index is 0.00798. The van der Waals surface area contributed by atoms with E-state index in [1.54, 1.807) is 15.9 Å². The van der Waals surface area contributed by atoms with E-state index < -0.39 is 11.7 Å². The van der Waals surface area contributed by atoms with Gasteiger partial charge in [0, 0.05) is 43.5 Å². The zero-order valence-electron chi connectivity index (χ0n) is 15.7. The zero-order chi connectivity index (χ0) is 20.7. The van der Waals surface area contributed by atoms with Crippen LogP contribution in [-0.2, 0) is 20.8 Å². The Hall–Kier alpha value is -2.93. The highest BCUT2D eigenvalue weighted by Crippen LogP contribution is 2.34. The van der Waals surface area contributed by atoms with E-state index in [2.05, 4.69) is 5.32 Å². The maximum Gasteiger partial charge on any atom is 0.229 e. The monoisotopic (exact) mass is 415 g/mol. The van der Waals surface area contributed by atoms with Crippen LogP contribution in [0.1, 0.15) is 18.9 Å². The van der Waals surface area contributed by atoms with Crippen molar-refractivity contribution < 1.29 is 18.8 Å². The predicted octanol–water partition coefficient (Wildman–Crippen LogP) is 3.38. The second-order valence-electron chi connectivity index (χ2n) is 7.26. The summed E-state index contributed by atoms with van der Waals surface area (Å²) < 4.78 is 13.3. The molecule has 3 amide bonds. The third-order valence-electron chi connectivity index (χ3n) is 5.33. The molecule has 0 aromatic heterocycles. The van der Waals surface area contributed by atoms with Crippen LogP contribution in [0.5, 0.6) is 0 Å². The molecule has 6 nitrogen and oxygen atoms in total. The summed E-state index contributed by atoms with van der Waals surface area (Å²) in [6.45, 7) is 2.42. The summed E-state index contributed by atoms with van der Waals surface area (Å²) in [4.78, 5) is 40.1. The van der Waals surface area contributed by atoms with Crippen LogP contribution >= 0.6 is 11.6 Å². The molecule has 1 atom stereocenters. The lowest BCUT2D eigenvalue weighted by Crippen LogP contribution is -2.28.